The average molecular weight is 1040 g/mol. The van der Waals surface area contributed by atoms with Crippen molar-refractivity contribution in [3.8, 4) is 50.6 Å². The first-order valence-corrected chi connectivity index (χ1v) is 25.5. The Morgan fingerprint density at radius 2 is 1.35 bits per heavy atom. The van der Waals surface area contributed by atoms with Crippen molar-refractivity contribution in [3.63, 3.8) is 0 Å². The molecule has 4 heterocycles. The Labute approximate surface area is 399 Å². The number of aromatic nitrogens is 4. The molecule has 0 aliphatic carbocycles. The molecular weight excluding hydrogens is 989 g/mol. The topological polar surface area (TPSA) is 56.7 Å². The molecule has 65 heavy (non-hydrogen) atoms. The van der Waals surface area contributed by atoms with Gasteiger partial charge in [0.1, 0.15) is 0 Å². The van der Waals surface area contributed by atoms with Crippen molar-refractivity contribution in [1.82, 2.24) is 19.5 Å². The summed E-state index contributed by atoms with van der Waals surface area (Å²) in [5.41, 5.74) is 14.8. The number of hydrogen-bond donors (Lipinski definition) is 0. The predicted molar refractivity (Wildman–Crippen MR) is 270 cm³/mol. The summed E-state index contributed by atoms with van der Waals surface area (Å²) in [4.78, 5) is 14.6. The van der Waals surface area contributed by atoms with Crippen LogP contribution in [0.15, 0.2) is 162 Å². The number of benzene rings is 6. The smallest absolute Gasteiger partial charge is 0.216 e. The van der Waals surface area contributed by atoms with Crippen LogP contribution in [0.2, 0.25) is 19.6 Å². The van der Waals surface area contributed by atoms with Gasteiger partial charge in [0, 0.05) is 49.9 Å². The maximum atomic E-state index is 8.44. The number of hydrogen-bond acceptors (Lipinski definition) is 4. The van der Waals surface area contributed by atoms with Crippen molar-refractivity contribution in [3.05, 3.63) is 187 Å². The second-order valence-electron chi connectivity index (χ2n) is 18.8. The van der Waals surface area contributed by atoms with Gasteiger partial charge in [0.2, 0.25) is 5.71 Å². The quantitative estimate of drug-likeness (QED) is 0.118. The van der Waals surface area contributed by atoms with E-state index in [2.05, 4.69) is 171 Å². The molecule has 0 aliphatic heterocycles. The Morgan fingerprint density at radius 1 is 0.708 bits per heavy atom. The summed E-state index contributed by atoms with van der Waals surface area (Å²) in [6, 6.07) is 59.2. The van der Waals surface area contributed by atoms with E-state index >= 15 is 0 Å². The molecule has 6 aromatic carbocycles. The van der Waals surface area contributed by atoms with Gasteiger partial charge in [0.05, 0.1) is 36.2 Å². The van der Waals surface area contributed by atoms with Crippen LogP contribution in [-0.2, 0) is 25.5 Å². The third kappa shape index (κ3) is 9.06. The van der Waals surface area contributed by atoms with E-state index in [1.807, 2.05) is 69.4 Å². The minimum Gasteiger partial charge on any atom is -0.486 e. The van der Waals surface area contributed by atoms with Crippen LogP contribution in [0.4, 0.5) is 0 Å². The third-order valence-corrected chi connectivity index (χ3v) is 13.8. The number of para-hydroxylation sites is 2. The maximum absolute atomic E-state index is 8.44. The fourth-order valence-corrected chi connectivity index (χ4v) is 10.0. The predicted octanol–water partition coefficient (Wildman–Crippen LogP) is 14.9. The van der Waals surface area contributed by atoms with Gasteiger partial charge in [-0.25, -0.2) is 4.98 Å². The molecule has 5 nitrogen and oxygen atoms in total. The first-order chi connectivity index (χ1) is 31.1. The first-order valence-electron chi connectivity index (χ1n) is 22.5. The molecule has 1 radical (unpaired) electrons. The zero-order chi connectivity index (χ0) is 45.7. The molecule has 10 rings (SSSR count). The van der Waals surface area contributed by atoms with E-state index in [4.69, 9.17) is 15.8 Å². The minimum atomic E-state index is -1.50. The number of nitrogens with zero attached hydrogens (tertiary/aromatic N) is 4. The number of fused-ring (bicyclic) bond motifs is 4. The van der Waals surface area contributed by atoms with Crippen molar-refractivity contribution in [1.29, 1.82) is 0 Å². The Kier molecular flexibility index (Phi) is 12.4. The van der Waals surface area contributed by atoms with Gasteiger partial charge in [-0.1, -0.05) is 150 Å². The summed E-state index contributed by atoms with van der Waals surface area (Å²) in [6.45, 7) is 19.6. The van der Waals surface area contributed by atoms with Gasteiger partial charge >= 0.3 is 0 Å². The Balaban J connectivity index is 0.000000238. The number of furan rings is 1. The fraction of sp³-hybridized carbons (Fsp3) is 0.190. The summed E-state index contributed by atoms with van der Waals surface area (Å²) >= 11 is 0. The monoisotopic (exact) mass is 1040 g/mol. The maximum Gasteiger partial charge on any atom is 0.216 e. The normalized spacial score (nSPS) is 12.2. The van der Waals surface area contributed by atoms with E-state index in [1.165, 1.54) is 10.8 Å². The van der Waals surface area contributed by atoms with E-state index in [0.717, 1.165) is 89.2 Å². The largest absolute Gasteiger partial charge is 0.486 e. The molecule has 0 amide bonds. The minimum absolute atomic E-state index is 0. The van der Waals surface area contributed by atoms with Crippen LogP contribution >= 0.6 is 0 Å². The number of pyridine rings is 2. The molecule has 10 aromatic rings. The molecule has 4 aromatic heterocycles. The zero-order valence-electron chi connectivity index (χ0n) is 39.5. The Hall–Kier alpha value is -6.24. The molecule has 0 aliphatic rings. The van der Waals surface area contributed by atoms with Crippen molar-refractivity contribution < 1.29 is 25.9 Å². The third-order valence-electron chi connectivity index (χ3n) is 11.8. The van der Waals surface area contributed by atoms with E-state index in [0.29, 0.717) is 5.71 Å². The van der Waals surface area contributed by atoms with E-state index in [9.17, 15) is 0 Å². The molecule has 0 bridgehead atoms. The van der Waals surface area contributed by atoms with Crippen molar-refractivity contribution in [2.45, 2.75) is 72.5 Å². The van der Waals surface area contributed by atoms with Gasteiger partial charge < -0.3 is 14.0 Å². The van der Waals surface area contributed by atoms with Crippen LogP contribution in [0.1, 0.15) is 58.7 Å². The van der Waals surface area contributed by atoms with Crippen LogP contribution in [-0.4, -0.2) is 27.6 Å². The fourth-order valence-electron chi connectivity index (χ4n) is 8.45. The number of imidazole rings is 1. The van der Waals surface area contributed by atoms with E-state index in [1.54, 1.807) is 0 Å². The summed E-state index contributed by atoms with van der Waals surface area (Å²) in [5.74, 6) is 0.165. The van der Waals surface area contributed by atoms with Gasteiger partial charge in [-0.3, -0.25) is 4.98 Å². The first kappa shape index (κ1) is 44.0. The number of aryl methyl sites for hydroxylation is 1. The Bertz CT molecular complexity index is 3260. The van der Waals surface area contributed by atoms with Crippen LogP contribution in [0.3, 0.4) is 0 Å². The second-order valence-corrected chi connectivity index (χ2v) is 23.8. The molecule has 0 fully saturated rings. The molecule has 0 unspecified atom stereocenters. The van der Waals surface area contributed by atoms with Crippen LogP contribution < -0.4 is 5.19 Å². The second kappa shape index (κ2) is 18.3. The van der Waals surface area contributed by atoms with Crippen molar-refractivity contribution in [2.24, 2.45) is 0 Å². The molecule has 0 saturated carbocycles. The Morgan fingerprint density at radius 3 is 1.97 bits per heavy atom. The van der Waals surface area contributed by atoms with E-state index < -0.39 is 14.0 Å². The average Bonchev–Trinajstić information content (AvgIpc) is 3.87. The SMILES string of the molecule is Cc1ccc2c(n1)oc1c(-c3nc4ccccc4n3-c3c(-c4ccccc4)cc(C(C)(C)C)cc3-c3ccccc3)[c-]ccc12.[2H]C(C)(C)c1cc(-c2[c-]cccc2)ncc1[Si](C)(C)C.[Ir]. The summed E-state index contributed by atoms with van der Waals surface area (Å²) in [6.07, 6.45) is 1.98. The van der Waals surface area contributed by atoms with Crippen LogP contribution in [0.5, 0.6) is 0 Å². The van der Waals surface area contributed by atoms with Gasteiger partial charge in [0.15, 0.2) is 0 Å². The molecule has 327 valence electrons. The molecule has 0 atom stereocenters. The molecule has 0 saturated heterocycles. The molecule has 7 heteroatoms. The van der Waals surface area contributed by atoms with Crippen molar-refractivity contribution in [2.75, 3.05) is 0 Å². The van der Waals surface area contributed by atoms with Gasteiger partial charge in [0.25, 0.3) is 0 Å². The summed E-state index contributed by atoms with van der Waals surface area (Å²) < 4.78 is 17.2. The molecule has 0 N–H and O–H groups in total. The van der Waals surface area contributed by atoms with E-state index in [-0.39, 0.29) is 25.5 Å². The standard InChI is InChI=1S/C41H32N3O.C17H22NSi.Ir/c1-26-22-23-31-30-18-13-19-32(38(30)45-40(31)42-26)39-43-35-20-11-12-21-36(35)44(39)37-33(27-14-7-5-8-15-27)24-29(41(2,3)4)25-34(37)28-16-9-6-10-17-28;1-13(2)15-11-16(14-9-7-6-8-10-14)18-12-17(15)19(3,4)5;/h5-18,20-25H,1-4H3;6-9,11-13H,1-5H3;/q2*-1;/i;13D;. The van der Waals surface area contributed by atoms with Crippen LogP contribution in [0, 0.1) is 19.1 Å². The van der Waals surface area contributed by atoms with Gasteiger partial charge in [-0.2, -0.15) is 0 Å². The van der Waals surface area contributed by atoms with Crippen molar-refractivity contribution >= 4 is 46.4 Å². The summed E-state index contributed by atoms with van der Waals surface area (Å²) in [5, 5.41) is 3.26. The molecular formula is C58H54IrN4OSi-2. The van der Waals surface area contributed by atoms with Gasteiger partial charge in [-0.15, -0.1) is 54.1 Å². The molecule has 0 spiro atoms. The van der Waals surface area contributed by atoms with Gasteiger partial charge in [-0.05, 0) is 82.2 Å². The zero-order valence-corrected chi connectivity index (χ0v) is 41.9. The van der Waals surface area contributed by atoms with Crippen LogP contribution in [0.25, 0.3) is 83.7 Å². The number of rotatable bonds is 7. The summed E-state index contributed by atoms with van der Waals surface area (Å²) in [7, 11) is -1.50.